The highest BCUT2D eigenvalue weighted by Crippen LogP contribution is 2.16. The molecule has 0 aromatic carbocycles. The van der Waals surface area contributed by atoms with E-state index in [1.165, 1.54) is 0 Å². The summed E-state index contributed by atoms with van der Waals surface area (Å²) >= 11 is 0. The number of nitrogens with zero attached hydrogens (tertiary/aromatic N) is 1. The molecule has 0 saturated heterocycles. The van der Waals surface area contributed by atoms with Crippen molar-refractivity contribution in [3.63, 3.8) is 0 Å². The Bertz CT molecular complexity index is 300. The van der Waals surface area contributed by atoms with Crippen LogP contribution in [0.3, 0.4) is 0 Å². The highest BCUT2D eigenvalue weighted by Gasteiger charge is 2.40. The van der Waals surface area contributed by atoms with Gasteiger partial charge in [0, 0.05) is 13.0 Å². The molecule has 0 aliphatic rings. The highest BCUT2D eigenvalue weighted by molar-refractivity contribution is 5.86. The van der Waals surface area contributed by atoms with Gasteiger partial charge in [0.2, 0.25) is 0 Å². The quantitative estimate of drug-likeness (QED) is 0.623. The summed E-state index contributed by atoms with van der Waals surface area (Å²) in [6.07, 6.45) is -4.96. The van der Waals surface area contributed by atoms with E-state index < -0.39 is 24.6 Å². The lowest BCUT2D eigenvalue weighted by molar-refractivity contribution is -0.183. The number of alkyl halides is 3. The van der Waals surface area contributed by atoms with Gasteiger partial charge in [0.15, 0.2) is 0 Å². The van der Waals surface area contributed by atoms with Crippen LogP contribution in [-0.4, -0.2) is 41.7 Å². The number of carboxylic acid groups (broad SMARTS) is 1. The van der Waals surface area contributed by atoms with Crippen LogP contribution in [0.5, 0.6) is 0 Å². The maximum absolute atomic E-state index is 11.7. The Labute approximate surface area is 77.3 Å². The third-order valence-corrected chi connectivity index (χ3v) is 1.10. The molecule has 0 bridgehead atoms. The maximum atomic E-state index is 11.7. The second-order valence-corrected chi connectivity index (χ2v) is 2.27. The average Bonchev–Trinajstić information content (AvgIpc) is 2.00. The minimum absolute atomic E-state index is 0.288. The van der Waals surface area contributed by atoms with Crippen molar-refractivity contribution in [3.8, 4) is 11.8 Å². The first-order valence-corrected chi connectivity index (χ1v) is 3.29. The van der Waals surface area contributed by atoms with Crippen molar-refractivity contribution in [2.24, 2.45) is 0 Å². The van der Waals surface area contributed by atoms with Crippen LogP contribution in [0.25, 0.3) is 0 Å². The van der Waals surface area contributed by atoms with E-state index in [4.69, 9.17) is 5.11 Å². The van der Waals surface area contributed by atoms with Crippen molar-refractivity contribution in [1.82, 2.24) is 4.90 Å². The summed E-state index contributed by atoms with van der Waals surface area (Å²) in [6.45, 7) is -0.579. The van der Waals surface area contributed by atoms with Crippen LogP contribution in [0.4, 0.5) is 13.2 Å². The molecule has 0 aliphatic carbocycles. The van der Waals surface area contributed by atoms with Crippen molar-refractivity contribution in [1.29, 1.82) is 0 Å². The topological polar surface area (TPSA) is 57.6 Å². The first-order valence-electron chi connectivity index (χ1n) is 3.29. The maximum Gasteiger partial charge on any atom is 0.471 e. The third-order valence-electron chi connectivity index (χ3n) is 1.10. The van der Waals surface area contributed by atoms with Crippen molar-refractivity contribution >= 4 is 11.9 Å². The minimum atomic E-state index is -4.96. The summed E-state index contributed by atoms with van der Waals surface area (Å²) in [7, 11) is 0.881. The molecule has 0 aromatic heterocycles. The molecule has 0 heterocycles. The van der Waals surface area contributed by atoms with Gasteiger partial charge < -0.3 is 10.0 Å². The Morgan fingerprint density at radius 2 is 1.93 bits per heavy atom. The molecule has 7 heteroatoms. The fourth-order valence-electron chi connectivity index (χ4n) is 0.522. The molecule has 0 atom stereocenters. The average molecular weight is 209 g/mol. The molecule has 0 saturated carbocycles. The second kappa shape index (κ2) is 4.50. The Morgan fingerprint density at radius 1 is 1.43 bits per heavy atom. The molecule has 14 heavy (non-hydrogen) atoms. The summed E-state index contributed by atoms with van der Waals surface area (Å²) in [5.74, 6) is -0.0372. The predicted molar refractivity (Wildman–Crippen MR) is 39.1 cm³/mol. The molecule has 0 aromatic rings. The van der Waals surface area contributed by atoms with Crippen LogP contribution in [0, 0.1) is 11.8 Å². The first-order chi connectivity index (χ1) is 6.25. The Balaban J connectivity index is 4.26. The van der Waals surface area contributed by atoms with Gasteiger partial charge in [-0.1, -0.05) is 5.92 Å². The number of aliphatic carboxylic acids is 1. The lowest BCUT2D eigenvalue weighted by Gasteiger charge is -2.15. The first kappa shape index (κ1) is 12.3. The molecule has 1 N–H and O–H groups in total. The molecule has 0 radical (unpaired) electrons. The minimum Gasteiger partial charge on any atom is -0.472 e. The van der Waals surface area contributed by atoms with Crippen molar-refractivity contribution in [2.75, 3.05) is 13.6 Å². The van der Waals surface area contributed by atoms with Crippen LogP contribution < -0.4 is 0 Å². The van der Waals surface area contributed by atoms with Gasteiger partial charge in [-0.15, -0.1) is 0 Å². The summed E-state index contributed by atoms with van der Waals surface area (Å²) in [6, 6.07) is 0. The largest absolute Gasteiger partial charge is 0.472 e. The monoisotopic (exact) mass is 209 g/mol. The number of hydrogen-bond donors (Lipinski definition) is 1. The van der Waals surface area contributed by atoms with Gasteiger partial charge in [-0.25, -0.2) is 4.79 Å². The Hall–Kier alpha value is -1.71. The van der Waals surface area contributed by atoms with Gasteiger partial charge in [-0.3, -0.25) is 4.79 Å². The molecule has 4 nitrogen and oxygen atoms in total. The Morgan fingerprint density at radius 3 is 2.29 bits per heavy atom. The van der Waals surface area contributed by atoms with Crippen LogP contribution in [-0.2, 0) is 9.59 Å². The number of halogens is 3. The molecule has 0 aliphatic heterocycles. The van der Waals surface area contributed by atoms with Crippen molar-refractivity contribution in [3.05, 3.63) is 0 Å². The Kier molecular flexibility index (Phi) is 3.95. The summed E-state index contributed by atoms with van der Waals surface area (Å²) in [5.41, 5.74) is 0. The number of carboxylic acids is 1. The lowest BCUT2D eigenvalue weighted by Crippen LogP contribution is -2.38. The number of amides is 1. The zero-order valence-corrected chi connectivity index (χ0v) is 7.05. The van der Waals surface area contributed by atoms with Gasteiger partial charge in [-0.05, 0) is 0 Å². The lowest BCUT2D eigenvalue weighted by atomic mass is 10.4. The zero-order valence-electron chi connectivity index (χ0n) is 7.05. The normalized spacial score (nSPS) is 10.0. The van der Waals surface area contributed by atoms with Gasteiger partial charge in [0.05, 0.1) is 6.54 Å². The number of carbonyl (C=O) groups excluding carboxylic acids is 1. The van der Waals surface area contributed by atoms with Crippen molar-refractivity contribution in [2.45, 2.75) is 6.18 Å². The van der Waals surface area contributed by atoms with Gasteiger partial charge in [0.25, 0.3) is 0 Å². The molecule has 0 rings (SSSR count). The standard InChI is InChI=1S/C7H6F3NO3/c1-11(4-2-3-5(12)13)6(14)7(8,9)10/h4H2,1H3,(H,12,13). The highest BCUT2D eigenvalue weighted by atomic mass is 19.4. The number of carbonyl (C=O) groups is 2. The fourth-order valence-corrected chi connectivity index (χ4v) is 0.522. The zero-order chi connectivity index (χ0) is 11.4. The third kappa shape index (κ3) is 4.35. The predicted octanol–water partition coefficient (Wildman–Crippen LogP) is 0.0951. The molecular formula is C7H6F3NO3. The summed E-state index contributed by atoms with van der Waals surface area (Å²) < 4.78 is 35.2. The van der Waals surface area contributed by atoms with Crippen LogP contribution >= 0.6 is 0 Å². The fraction of sp³-hybridized carbons (Fsp3) is 0.429. The molecule has 78 valence electrons. The van der Waals surface area contributed by atoms with Gasteiger partial charge in [0.1, 0.15) is 0 Å². The van der Waals surface area contributed by atoms with E-state index in [0.717, 1.165) is 7.05 Å². The van der Waals surface area contributed by atoms with E-state index in [1.54, 1.807) is 5.92 Å². The van der Waals surface area contributed by atoms with Crippen LogP contribution in [0.15, 0.2) is 0 Å². The summed E-state index contributed by atoms with van der Waals surface area (Å²) in [4.78, 5) is 20.6. The smallest absolute Gasteiger partial charge is 0.471 e. The van der Waals surface area contributed by atoms with Gasteiger partial charge in [-0.2, -0.15) is 13.2 Å². The van der Waals surface area contributed by atoms with E-state index in [0.29, 0.717) is 0 Å². The molecule has 0 fully saturated rings. The van der Waals surface area contributed by atoms with E-state index in [1.807, 2.05) is 5.92 Å². The van der Waals surface area contributed by atoms with E-state index in [-0.39, 0.29) is 4.90 Å². The van der Waals surface area contributed by atoms with E-state index in [9.17, 15) is 22.8 Å². The summed E-state index contributed by atoms with van der Waals surface area (Å²) in [5, 5.41) is 8.03. The molecular weight excluding hydrogens is 203 g/mol. The van der Waals surface area contributed by atoms with E-state index >= 15 is 0 Å². The molecule has 1 amide bonds. The van der Waals surface area contributed by atoms with Crippen LogP contribution in [0.2, 0.25) is 0 Å². The second-order valence-electron chi connectivity index (χ2n) is 2.27. The number of hydrogen-bond acceptors (Lipinski definition) is 2. The molecule has 0 spiro atoms. The SMILES string of the molecule is CN(CC#CC(=O)O)C(=O)C(F)(F)F. The van der Waals surface area contributed by atoms with E-state index in [2.05, 4.69) is 0 Å². The van der Waals surface area contributed by atoms with Crippen LogP contribution in [0.1, 0.15) is 0 Å². The van der Waals surface area contributed by atoms with Crippen molar-refractivity contribution < 1.29 is 27.9 Å². The number of rotatable bonds is 1. The molecule has 0 unspecified atom stereocenters. The van der Waals surface area contributed by atoms with Gasteiger partial charge >= 0.3 is 18.1 Å².